The molecule has 5 nitrogen and oxygen atoms in total. The molecule has 1 saturated heterocycles. The van der Waals surface area contributed by atoms with Crippen molar-refractivity contribution in [2.24, 2.45) is 0 Å². The average Bonchev–Trinajstić information content (AvgIpc) is 2.39. The number of anilines is 1. The number of rotatable bonds is 4. The Labute approximate surface area is 108 Å². The summed E-state index contributed by atoms with van der Waals surface area (Å²) in [4.78, 5) is 18.2. The predicted octanol–water partition coefficient (Wildman–Crippen LogP) is 0.834. The summed E-state index contributed by atoms with van der Waals surface area (Å²) >= 11 is 0. The van der Waals surface area contributed by atoms with Crippen molar-refractivity contribution in [3.63, 3.8) is 0 Å². The summed E-state index contributed by atoms with van der Waals surface area (Å²) in [7, 11) is 1.86. The third kappa shape index (κ3) is 2.79. The second-order valence-electron chi connectivity index (χ2n) is 4.48. The van der Waals surface area contributed by atoms with Gasteiger partial charge in [0.2, 0.25) is 5.91 Å². The number of piperazine rings is 1. The van der Waals surface area contributed by atoms with Crippen LogP contribution in [0.4, 0.5) is 5.82 Å². The van der Waals surface area contributed by atoms with Gasteiger partial charge in [0.05, 0.1) is 6.04 Å². The van der Waals surface area contributed by atoms with Crippen LogP contribution in [0, 0.1) is 0 Å². The second-order valence-corrected chi connectivity index (χ2v) is 4.48. The van der Waals surface area contributed by atoms with Crippen LogP contribution >= 0.6 is 0 Å². The molecule has 18 heavy (non-hydrogen) atoms. The van der Waals surface area contributed by atoms with E-state index in [-0.39, 0.29) is 11.9 Å². The number of amides is 1. The highest BCUT2D eigenvalue weighted by atomic mass is 16.2. The van der Waals surface area contributed by atoms with E-state index >= 15 is 0 Å². The molecule has 98 valence electrons. The van der Waals surface area contributed by atoms with Crippen LogP contribution in [0.25, 0.3) is 0 Å². The van der Waals surface area contributed by atoms with E-state index in [0.29, 0.717) is 0 Å². The Morgan fingerprint density at radius 2 is 2.44 bits per heavy atom. The van der Waals surface area contributed by atoms with Gasteiger partial charge < -0.3 is 10.6 Å². The lowest BCUT2D eigenvalue weighted by atomic mass is 10.1. The molecule has 0 bridgehead atoms. The SMILES string of the molecule is CCC1C(=O)NCCN1Cc1ccnc(NC)c1. The van der Waals surface area contributed by atoms with Gasteiger partial charge >= 0.3 is 0 Å². The Balaban J connectivity index is 2.09. The van der Waals surface area contributed by atoms with Crippen LogP contribution in [-0.4, -0.2) is 42.0 Å². The highest BCUT2D eigenvalue weighted by Gasteiger charge is 2.27. The summed E-state index contributed by atoms with van der Waals surface area (Å²) in [5.41, 5.74) is 1.18. The predicted molar refractivity (Wildman–Crippen MR) is 71.3 cm³/mol. The number of nitrogens with zero attached hydrogens (tertiary/aromatic N) is 2. The van der Waals surface area contributed by atoms with Crippen molar-refractivity contribution in [3.8, 4) is 0 Å². The first-order chi connectivity index (χ1) is 8.74. The smallest absolute Gasteiger partial charge is 0.237 e. The fraction of sp³-hybridized carbons (Fsp3) is 0.538. The molecule has 1 fully saturated rings. The molecule has 0 aromatic carbocycles. The van der Waals surface area contributed by atoms with E-state index in [9.17, 15) is 4.79 Å². The topological polar surface area (TPSA) is 57.3 Å². The average molecular weight is 248 g/mol. The van der Waals surface area contributed by atoms with E-state index in [1.807, 2.05) is 26.1 Å². The maximum absolute atomic E-state index is 11.8. The quantitative estimate of drug-likeness (QED) is 0.829. The molecule has 2 N–H and O–H groups in total. The normalized spacial score (nSPS) is 20.6. The largest absolute Gasteiger partial charge is 0.373 e. The third-order valence-corrected chi connectivity index (χ3v) is 3.29. The summed E-state index contributed by atoms with van der Waals surface area (Å²) in [5.74, 6) is 1.01. The lowest BCUT2D eigenvalue weighted by Gasteiger charge is -2.34. The van der Waals surface area contributed by atoms with Crippen LogP contribution in [0.15, 0.2) is 18.3 Å². The first-order valence-electron chi connectivity index (χ1n) is 6.39. The maximum Gasteiger partial charge on any atom is 0.237 e. The van der Waals surface area contributed by atoms with Gasteiger partial charge in [0.1, 0.15) is 5.82 Å². The Morgan fingerprint density at radius 3 is 3.17 bits per heavy atom. The number of hydrogen-bond donors (Lipinski definition) is 2. The number of pyridine rings is 1. The minimum atomic E-state index is -0.00930. The van der Waals surface area contributed by atoms with Crippen LogP contribution in [0.2, 0.25) is 0 Å². The molecule has 1 atom stereocenters. The zero-order valence-corrected chi connectivity index (χ0v) is 10.9. The van der Waals surface area contributed by atoms with Gasteiger partial charge in [-0.25, -0.2) is 4.98 Å². The highest BCUT2D eigenvalue weighted by Crippen LogP contribution is 2.14. The molecule has 0 saturated carbocycles. The van der Waals surface area contributed by atoms with Crippen molar-refractivity contribution in [3.05, 3.63) is 23.9 Å². The molecule has 0 spiro atoms. The summed E-state index contributed by atoms with van der Waals surface area (Å²) in [5, 5.41) is 5.95. The molecule has 0 radical (unpaired) electrons. The molecule has 1 unspecified atom stereocenters. The maximum atomic E-state index is 11.8. The molecule has 1 aliphatic heterocycles. The number of hydrogen-bond acceptors (Lipinski definition) is 4. The Bertz CT molecular complexity index is 421. The van der Waals surface area contributed by atoms with Gasteiger partial charge in [-0.3, -0.25) is 9.69 Å². The van der Waals surface area contributed by atoms with E-state index in [0.717, 1.165) is 31.9 Å². The van der Waals surface area contributed by atoms with Crippen molar-refractivity contribution in [1.29, 1.82) is 0 Å². The third-order valence-electron chi connectivity index (χ3n) is 3.29. The van der Waals surface area contributed by atoms with Crippen LogP contribution < -0.4 is 10.6 Å². The van der Waals surface area contributed by atoms with Gasteiger partial charge in [0.15, 0.2) is 0 Å². The van der Waals surface area contributed by atoms with Crippen LogP contribution in [-0.2, 0) is 11.3 Å². The van der Waals surface area contributed by atoms with Crippen molar-refractivity contribution < 1.29 is 4.79 Å². The van der Waals surface area contributed by atoms with E-state index in [1.54, 1.807) is 6.20 Å². The fourth-order valence-corrected chi connectivity index (χ4v) is 2.34. The first kappa shape index (κ1) is 12.8. The van der Waals surface area contributed by atoms with Gasteiger partial charge in [-0.2, -0.15) is 0 Å². The summed E-state index contributed by atoms with van der Waals surface area (Å²) in [6, 6.07) is 4.02. The fourth-order valence-electron chi connectivity index (χ4n) is 2.34. The summed E-state index contributed by atoms with van der Waals surface area (Å²) < 4.78 is 0. The van der Waals surface area contributed by atoms with Crippen LogP contribution in [0.3, 0.4) is 0 Å². The van der Waals surface area contributed by atoms with E-state index < -0.39 is 0 Å². The molecule has 5 heteroatoms. The number of nitrogens with one attached hydrogen (secondary N) is 2. The lowest BCUT2D eigenvalue weighted by molar-refractivity contribution is -0.129. The van der Waals surface area contributed by atoms with Gasteiger partial charge in [-0.15, -0.1) is 0 Å². The molecule has 0 aliphatic carbocycles. The van der Waals surface area contributed by atoms with Crippen molar-refractivity contribution in [2.75, 3.05) is 25.5 Å². The minimum Gasteiger partial charge on any atom is -0.373 e. The highest BCUT2D eigenvalue weighted by molar-refractivity contribution is 5.82. The standard InChI is InChI=1S/C13H20N4O/c1-3-11-13(18)16-6-7-17(11)9-10-4-5-15-12(8-10)14-2/h4-5,8,11H,3,6-7,9H2,1-2H3,(H,14,15)(H,16,18). The van der Waals surface area contributed by atoms with Crippen LogP contribution in [0.5, 0.6) is 0 Å². The van der Waals surface area contributed by atoms with Gasteiger partial charge in [-0.1, -0.05) is 6.92 Å². The Hall–Kier alpha value is -1.62. The van der Waals surface area contributed by atoms with Crippen LogP contribution in [0.1, 0.15) is 18.9 Å². The number of carbonyl (C=O) groups is 1. The molecule has 1 amide bonds. The van der Waals surface area contributed by atoms with E-state index in [1.165, 1.54) is 5.56 Å². The lowest BCUT2D eigenvalue weighted by Crippen LogP contribution is -2.54. The van der Waals surface area contributed by atoms with Gasteiger partial charge in [-0.05, 0) is 24.1 Å². The summed E-state index contributed by atoms with van der Waals surface area (Å²) in [6.45, 7) is 4.48. The number of aromatic nitrogens is 1. The summed E-state index contributed by atoms with van der Waals surface area (Å²) in [6.07, 6.45) is 2.64. The van der Waals surface area contributed by atoms with E-state index in [4.69, 9.17) is 0 Å². The van der Waals surface area contributed by atoms with Crippen molar-refractivity contribution in [1.82, 2.24) is 15.2 Å². The Kier molecular flexibility index (Phi) is 4.15. The minimum absolute atomic E-state index is 0.00930. The molecule has 1 aliphatic rings. The zero-order chi connectivity index (χ0) is 13.0. The van der Waals surface area contributed by atoms with Crippen molar-refractivity contribution in [2.45, 2.75) is 25.9 Å². The van der Waals surface area contributed by atoms with Gasteiger partial charge in [0, 0.05) is 32.9 Å². The van der Waals surface area contributed by atoms with E-state index in [2.05, 4.69) is 20.5 Å². The second kappa shape index (κ2) is 5.82. The molecule has 2 rings (SSSR count). The Morgan fingerprint density at radius 1 is 1.61 bits per heavy atom. The molecular formula is C13H20N4O. The van der Waals surface area contributed by atoms with Crippen molar-refractivity contribution >= 4 is 11.7 Å². The first-order valence-corrected chi connectivity index (χ1v) is 6.39. The van der Waals surface area contributed by atoms with Gasteiger partial charge in [0.25, 0.3) is 0 Å². The zero-order valence-electron chi connectivity index (χ0n) is 10.9. The molecule has 1 aromatic heterocycles. The molecule has 1 aromatic rings. The molecular weight excluding hydrogens is 228 g/mol. The monoisotopic (exact) mass is 248 g/mol. The molecule has 2 heterocycles. The number of carbonyl (C=O) groups excluding carboxylic acids is 1.